The van der Waals surface area contributed by atoms with Gasteiger partial charge < -0.3 is 17.7 Å². The molecule has 0 aliphatic carbocycles. The van der Waals surface area contributed by atoms with Gasteiger partial charge in [-0.1, -0.05) is 6.92 Å². The third kappa shape index (κ3) is 5.45. The molecule has 0 bridgehead atoms. The summed E-state index contributed by atoms with van der Waals surface area (Å²) in [6.07, 6.45) is 1.06. The van der Waals surface area contributed by atoms with Gasteiger partial charge in [0.15, 0.2) is 0 Å². The summed E-state index contributed by atoms with van der Waals surface area (Å²) in [6.45, 7) is 1.89. The van der Waals surface area contributed by atoms with Crippen LogP contribution in [0.15, 0.2) is 0 Å². The second-order valence-electron chi connectivity index (χ2n) is 2.34. The molecule has 0 unspecified atom stereocenters. The molecule has 0 aliphatic heterocycles. The predicted octanol–water partition coefficient (Wildman–Crippen LogP) is 0.324. The summed E-state index contributed by atoms with van der Waals surface area (Å²) < 4.78 is 19.7. The van der Waals surface area contributed by atoms with E-state index in [-0.39, 0.29) is 35.5 Å². The molecule has 0 N–H and O–H groups in total. The molecule has 0 aromatic heterocycles. The molecule has 0 aromatic carbocycles. The van der Waals surface area contributed by atoms with Crippen LogP contribution in [0.1, 0.15) is 19.8 Å². The predicted molar refractivity (Wildman–Crippen MR) is 53.5 cm³/mol. The maximum Gasteiger partial charge on any atom is 0.750 e. The van der Waals surface area contributed by atoms with Crippen molar-refractivity contribution >= 4 is 44.6 Å². The second kappa shape index (κ2) is 8.84. The first kappa shape index (κ1) is 17.0. The van der Waals surface area contributed by atoms with Gasteiger partial charge in [-0.2, -0.15) is 0 Å². The van der Waals surface area contributed by atoms with E-state index >= 15 is 0 Å². The molecule has 0 saturated heterocycles. The van der Waals surface area contributed by atoms with E-state index in [1.54, 1.807) is 0 Å². The quantitative estimate of drug-likeness (QED) is 0.616. The molecule has 0 spiro atoms. The van der Waals surface area contributed by atoms with Gasteiger partial charge in [-0.25, -0.2) is 0 Å². The van der Waals surface area contributed by atoms with Crippen LogP contribution in [0.5, 0.6) is 0 Å². The number of rotatable bonds is 6. The molecule has 5 nitrogen and oxygen atoms in total. The number of hydrogen-bond acceptors (Lipinski definition) is 5. The normalized spacial score (nSPS) is 10.6. The summed E-state index contributed by atoms with van der Waals surface area (Å²) in [5, 5.41) is 0. The first-order valence-corrected chi connectivity index (χ1v) is 5.64. The van der Waals surface area contributed by atoms with Crippen LogP contribution in [0.4, 0.5) is 0 Å². The topological polar surface area (TPSA) is 54.0 Å². The van der Waals surface area contributed by atoms with Gasteiger partial charge in [0.1, 0.15) is 0 Å². The van der Waals surface area contributed by atoms with E-state index in [4.69, 9.17) is 17.7 Å². The molecule has 1 radical (unpaired) electrons. The molecular formula is C7H16NaO5Si. The van der Waals surface area contributed by atoms with E-state index < -0.39 is 9.05 Å². The van der Waals surface area contributed by atoms with Crippen LogP contribution in [-0.2, 0) is 22.5 Å². The van der Waals surface area contributed by atoms with E-state index in [0.29, 0.717) is 6.42 Å². The van der Waals surface area contributed by atoms with Crippen molar-refractivity contribution in [3.8, 4) is 0 Å². The third-order valence-electron chi connectivity index (χ3n) is 1.44. The first-order chi connectivity index (χ1) is 6.14. The van der Waals surface area contributed by atoms with Crippen molar-refractivity contribution in [1.82, 2.24) is 0 Å². The summed E-state index contributed by atoms with van der Waals surface area (Å²) in [5.41, 5.74) is 0. The Balaban J connectivity index is 0. The molecular weight excluding hydrogens is 215 g/mol. The number of carbonyl (C=O) groups is 1. The molecule has 0 rings (SSSR count). The first-order valence-electron chi connectivity index (χ1n) is 4.01. The molecule has 7 heteroatoms. The van der Waals surface area contributed by atoms with Crippen LogP contribution in [0, 0.1) is 0 Å². The summed E-state index contributed by atoms with van der Waals surface area (Å²) in [7, 11) is 0.995. The zero-order chi connectivity index (χ0) is 10.3. The molecule has 0 amide bonds. The zero-order valence-corrected chi connectivity index (χ0v) is 12.5. The van der Waals surface area contributed by atoms with Crippen LogP contribution in [0.25, 0.3) is 0 Å². The van der Waals surface area contributed by atoms with E-state index in [2.05, 4.69) is 0 Å². The van der Waals surface area contributed by atoms with Crippen molar-refractivity contribution in [2.24, 2.45) is 0 Å². The minimum Gasteiger partial charge on any atom is -0.452 e. The number of carbonyl (C=O) groups excluding carboxylic acids is 1. The molecule has 0 saturated carbocycles. The van der Waals surface area contributed by atoms with E-state index in [1.807, 2.05) is 6.92 Å². The van der Waals surface area contributed by atoms with Crippen molar-refractivity contribution in [1.29, 1.82) is 0 Å². The molecule has 0 fully saturated rings. The Labute approximate surface area is 108 Å². The Morgan fingerprint density at radius 2 is 1.57 bits per heavy atom. The average molecular weight is 231 g/mol. The molecule has 0 atom stereocenters. The van der Waals surface area contributed by atoms with E-state index in [9.17, 15) is 4.79 Å². The van der Waals surface area contributed by atoms with Crippen molar-refractivity contribution in [2.75, 3.05) is 21.3 Å². The zero-order valence-electron chi connectivity index (χ0n) is 9.46. The van der Waals surface area contributed by atoms with Crippen LogP contribution in [-0.4, -0.2) is 65.9 Å². The summed E-state index contributed by atoms with van der Waals surface area (Å²) in [5.74, 6) is -0.361. The van der Waals surface area contributed by atoms with Crippen LogP contribution in [0.2, 0.25) is 0 Å². The van der Waals surface area contributed by atoms with E-state index in [1.165, 1.54) is 21.3 Å². The third-order valence-corrected chi connectivity index (χ3v) is 3.42. The van der Waals surface area contributed by atoms with Gasteiger partial charge in [-0.15, -0.1) is 0 Å². The maximum atomic E-state index is 11.1. The molecule has 0 heterocycles. The fraction of sp³-hybridized carbons (Fsp3) is 0.857. The molecule has 0 aliphatic rings. The van der Waals surface area contributed by atoms with Gasteiger partial charge in [0.2, 0.25) is 0 Å². The van der Waals surface area contributed by atoms with Crippen molar-refractivity contribution < 1.29 is 22.5 Å². The minimum atomic E-state index is -3.17. The van der Waals surface area contributed by atoms with Gasteiger partial charge in [0.25, 0.3) is 5.97 Å². The Morgan fingerprint density at radius 3 is 1.86 bits per heavy atom. The van der Waals surface area contributed by atoms with Crippen LogP contribution in [0.3, 0.4) is 0 Å². The SMILES string of the molecule is CCCC(=O)O[Si](OC)(OC)OC.[Na]. The van der Waals surface area contributed by atoms with E-state index in [0.717, 1.165) is 6.42 Å². The van der Waals surface area contributed by atoms with Crippen LogP contribution >= 0.6 is 0 Å². The van der Waals surface area contributed by atoms with Gasteiger partial charge >= 0.3 is 9.05 Å². The van der Waals surface area contributed by atoms with Crippen molar-refractivity contribution in [3.63, 3.8) is 0 Å². The Morgan fingerprint density at radius 1 is 1.14 bits per heavy atom. The summed E-state index contributed by atoms with van der Waals surface area (Å²) >= 11 is 0. The molecule has 14 heavy (non-hydrogen) atoms. The van der Waals surface area contributed by atoms with Gasteiger partial charge in [0, 0.05) is 57.3 Å². The summed E-state index contributed by atoms with van der Waals surface area (Å²) in [4.78, 5) is 11.1. The minimum absolute atomic E-state index is 0. The van der Waals surface area contributed by atoms with Crippen LogP contribution < -0.4 is 0 Å². The fourth-order valence-corrected chi connectivity index (χ4v) is 1.90. The Hall–Kier alpha value is 0.567. The maximum absolute atomic E-state index is 11.1. The fourth-order valence-electron chi connectivity index (χ4n) is 0.770. The Bertz CT molecular complexity index is 154. The monoisotopic (exact) mass is 231 g/mol. The van der Waals surface area contributed by atoms with Gasteiger partial charge in [-0.3, -0.25) is 4.79 Å². The van der Waals surface area contributed by atoms with Crippen molar-refractivity contribution in [3.05, 3.63) is 0 Å². The standard InChI is InChI=1S/C7H16O5Si.Na/c1-5-6-7(8)12-13(9-2,10-3)11-4;/h5-6H2,1-4H3;. The average Bonchev–Trinajstić information content (AvgIpc) is 2.15. The molecule has 0 aromatic rings. The van der Waals surface area contributed by atoms with Gasteiger partial charge in [0.05, 0.1) is 0 Å². The smallest absolute Gasteiger partial charge is 0.452 e. The van der Waals surface area contributed by atoms with Gasteiger partial charge in [-0.05, 0) is 6.42 Å². The summed E-state index contributed by atoms with van der Waals surface area (Å²) in [6, 6.07) is 0. The molecule has 79 valence electrons. The Kier molecular flexibility index (Phi) is 10.7. The van der Waals surface area contributed by atoms with Crippen molar-refractivity contribution in [2.45, 2.75) is 19.8 Å². The number of hydrogen-bond donors (Lipinski definition) is 0. The largest absolute Gasteiger partial charge is 0.750 e. The second-order valence-corrected chi connectivity index (χ2v) is 4.77.